The van der Waals surface area contributed by atoms with E-state index in [1.165, 1.54) is 20.0 Å². The standard InChI is InChI=1S/C21H20N2O5/c1-13-7-4-5-10-16(13)18(24)23-15-9-6-8-14(11-15)22-12-17-19(25)27-21(2,3)28-20(17)26/h4-12,22H,1-3H3,(H,23,24). The summed E-state index contributed by atoms with van der Waals surface area (Å²) < 4.78 is 10.1. The number of hydrogen-bond donors (Lipinski definition) is 2. The number of carbonyl (C=O) groups excluding carboxylic acids is 3. The van der Waals surface area contributed by atoms with Crippen LogP contribution in [0.2, 0.25) is 0 Å². The van der Waals surface area contributed by atoms with Gasteiger partial charge in [-0.05, 0) is 36.8 Å². The van der Waals surface area contributed by atoms with E-state index in [1.54, 1.807) is 36.4 Å². The van der Waals surface area contributed by atoms with Crippen LogP contribution < -0.4 is 10.6 Å². The predicted octanol–water partition coefficient (Wildman–Crippen LogP) is 3.38. The van der Waals surface area contributed by atoms with Crippen molar-refractivity contribution in [2.24, 2.45) is 0 Å². The van der Waals surface area contributed by atoms with Crippen molar-refractivity contribution < 1.29 is 23.9 Å². The normalized spacial score (nSPS) is 15.3. The third-order valence-corrected chi connectivity index (χ3v) is 4.01. The van der Waals surface area contributed by atoms with Gasteiger partial charge >= 0.3 is 11.9 Å². The van der Waals surface area contributed by atoms with E-state index in [4.69, 9.17) is 9.47 Å². The summed E-state index contributed by atoms with van der Waals surface area (Å²) in [6.45, 7) is 4.82. The maximum absolute atomic E-state index is 12.4. The average molecular weight is 380 g/mol. The van der Waals surface area contributed by atoms with Crippen molar-refractivity contribution in [3.63, 3.8) is 0 Å². The molecule has 0 aliphatic carbocycles. The van der Waals surface area contributed by atoms with Crippen LogP contribution in [0.5, 0.6) is 0 Å². The fourth-order valence-corrected chi connectivity index (χ4v) is 2.65. The first kappa shape index (κ1) is 19.2. The minimum Gasteiger partial charge on any atom is -0.419 e. The van der Waals surface area contributed by atoms with Gasteiger partial charge in [0.2, 0.25) is 0 Å². The molecule has 0 spiro atoms. The van der Waals surface area contributed by atoms with Crippen LogP contribution >= 0.6 is 0 Å². The molecule has 2 aromatic rings. The van der Waals surface area contributed by atoms with E-state index in [2.05, 4.69) is 10.6 Å². The molecule has 1 aliphatic rings. The van der Waals surface area contributed by atoms with Crippen molar-refractivity contribution in [3.8, 4) is 0 Å². The summed E-state index contributed by atoms with van der Waals surface area (Å²) in [5.74, 6) is -3.04. The Balaban J connectivity index is 1.72. The smallest absolute Gasteiger partial charge is 0.350 e. The molecular weight excluding hydrogens is 360 g/mol. The van der Waals surface area contributed by atoms with Gasteiger partial charge < -0.3 is 20.1 Å². The van der Waals surface area contributed by atoms with E-state index in [9.17, 15) is 14.4 Å². The molecule has 1 heterocycles. The molecule has 1 fully saturated rings. The fourth-order valence-electron chi connectivity index (χ4n) is 2.65. The van der Waals surface area contributed by atoms with Crippen molar-refractivity contribution in [2.75, 3.05) is 10.6 Å². The molecule has 2 aromatic carbocycles. The summed E-state index contributed by atoms with van der Waals surface area (Å²) in [5.41, 5.74) is 2.34. The Hall–Kier alpha value is -3.61. The minimum atomic E-state index is -1.29. The van der Waals surface area contributed by atoms with Crippen molar-refractivity contribution in [3.05, 3.63) is 71.4 Å². The SMILES string of the molecule is Cc1ccccc1C(=O)Nc1cccc(NC=C2C(=O)OC(C)(C)OC2=O)c1. The van der Waals surface area contributed by atoms with Gasteiger partial charge in [0.15, 0.2) is 5.57 Å². The number of aryl methyl sites for hydroxylation is 1. The van der Waals surface area contributed by atoms with Crippen LogP contribution in [0.1, 0.15) is 29.8 Å². The first-order valence-corrected chi connectivity index (χ1v) is 8.65. The van der Waals surface area contributed by atoms with Gasteiger partial charge in [0.05, 0.1) is 0 Å². The quantitative estimate of drug-likeness (QED) is 0.480. The number of nitrogens with one attached hydrogen (secondary N) is 2. The van der Waals surface area contributed by atoms with Gasteiger partial charge in [-0.25, -0.2) is 9.59 Å². The average Bonchev–Trinajstić information content (AvgIpc) is 2.60. The molecule has 0 saturated carbocycles. The largest absolute Gasteiger partial charge is 0.419 e. The number of carbonyl (C=O) groups is 3. The van der Waals surface area contributed by atoms with E-state index >= 15 is 0 Å². The Labute approximate surface area is 162 Å². The van der Waals surface area contributed by atoms with Crippen LogP contribution in [0.25, 0.3) is 0 Å². The van der Waals surface area contributed by atoms with E-state index in [0.717, 1.165) is 5.56 Å². The zero-order valence-corrected chi connectivity index (χ0v) is 15.7. The van der Waals surface area contributed by atoms with E-state index < -0.39 is 17.7 Å². The monoisotopic (exact) mass is 380 g/mol. The Morgan fingerprint density at radius 3 is 2.29 bits per heavy atom. The lowest BCUT2D eigenvalue weighted by molar-refractivity contribution is -0.222. The van der Waals surface area contributed by atoms with Crippen molar-refractivity contribution in [1.29, 1.82) is 0 Å². The van der Waals surface area contributed by atoms with Crippen LogP contribution in [0, 0.1) is 6.92 Å². The van der Waals surface area contributed by atoms with Gasteiger partial charge in [-0.2, -0.15) is 0 Å². The third-order valence-electron chi connectivity index (χ3n) is 4.01. The molecule has 7 nitrogen and oxygen atoms in total. The maximum Gasteiger partial charge on any atom is 0.350 e. The molecule has 1 saturated heterocycles. The van der Waals surface area contributed by atoms with Crippen molar-refractivity contribution in [2.45, 2.75) is 26.6 Å². The lowest BCUT2D eigenvalue weighted by Gasteiger charge is -2.29. The highest BCUT2D eigenvalue weighted by Gasteiger charge is 2.38. The summed E-state index contributed by atoms with van der Waals surface area (Å²) in [7, 11) is 0. The number of anilines is 2. The van der Waals surface area contributed by atoms with Crippen molar-refractivity contribution in [1.82, 2.24) is 0 Å². The molecule has 0 aromatic heterocycles. The number of esters is 2. The molecular formula is C21H20N2O5. The summed E-state index contributed by atoms with van der Waals surface area (Å²) >= 11 is 0. The summed E-state index contributed by atoms with van der Waals surface area (Å²) in [6, 6.07) is 14.2. The Kier molecular flexibility index (Phi) is 5.17. The molecule has 1 amide bonds. The maximum atomic E-state index is 12.4. The van der Waals surface area contributed by atoms with Crippen LogP contribution in [-0.4, -0.2) is 23.6 Å². The lowest BCUT2D eigenvalue weighted by atomic mass is 10.1. The van der Waals surface area contributed by atoms with E-state index in [0.29, 0.717) is 16.9 Å². The Morgan fingerprint density at radius 2 is 1.61 bits per heavy atom. The highest BCUT2D eigenvalue weighted by molar-refractivity contribution is 6.15. The van der Waals surface area contributed by atoms with Gasteiger partial charge in [-0.15, -0.1) is 0 Å². The van der Waals surface area contributed by atoms with Crippen LogP contribution in [0.4, 0.5) is 11.4 Å². The van der Waals surface area contributed by atoms with Crippen LogP contribution in [0.3, 0.4) is 0 Å². The van der Waals surface area contributed by atoms with Crippen molar-refractivity contribution >= 4 is 29.2 Å². The predicted molar refractivity (Wildman–Crippen MR) is 104 cm³/mol. The topological polar surface area (TPSA) is 93.7 Å². The van der Waals surface area contributed by atoms with Gasteiger partial charge in [-0.3, -0.25) is 4.79 Å². The van der Waals surface area contributed by atoms with Gasteiger partial charge in [0.25, 0.3) is 11.7 Å². The molecule has 0 unspecified atom stereocenters. The molecule has 3 rings (SSSR count). The molecule has 0 radical (unpaired) electrons. The van der Waals surface area contributed by atoms with E-state index in [1.807, 2.05) is 19.1 Å². The van der Waals surface area contributed by atoms with Crippen LogP contribution in [-0.2, 0) is 19.1 Å². The fraction of sp³-hybridized carbons (Fsp3) is 0.190. The van der Waals surface area contributed by atoms with Gasteiger partial charge in [-0.1, -0.05) is 24.3 Å². The number of benzene rings is 2. The zero-order valence-electron chi connectivity index (χ0n) is 15.7. The molecule has 144 valence electrons. The highest BCUT2D eigenvalue weighted by Crippen LogP contribution is 2.23. The molecule has 2 N–H and O–H groups in total. The summed E-state index contributed by atoms with van der Waals surface area (Å²) in [4.78, 5) is 36.3. The zero-order chi connectivity index (χ0) is 20.3. The first-order valence-electron chi connectivity index (χ1n) is 8.65. The van der Waals surface area contributed by atoms with Gasteiger partial charge in [0.1, 0.15) is 0 Å². The second-order valence-electron chi connectivity index (χ2n) is 6.73. The molecule has 0 atom stereocenters. The highest BCUT2D eigenvalue weighted by atomic mass is 16.7. The molecule has 7 heteroatoms. The Bertz CT molecular complexity index is 956. The number of rotatable bonds is 4. The number of amides is 1. The summed E-state index contributed by atoms with van der Waals surface area (Å²) in [5, 5.41) is 5.68. The second-order valence-corrected chi connectivity index (χ2v) is 6.73. The molecule has 1 aliphatic heterocycles. The minimum absolute atomic E-state index is 0.227. The number of hydrogen-bond acceptors (Lipinski definition) is 6. The van der Waals surface area contributed by atoms with Crippen LogP contribution in [0.15, 0.2) is 60.3 Å². The van der Waals surface area contributed by atoms with Gasteiger partial charge in [0, 0.05) is 37.0 Å². The third kappa shape index (κ3) is 4.37. The number of cyclic esters (lactones) is 2. The molecule has 28 heavy (non-hydrogen) atoms. The molecule has 0 bridgehead atoms. The number of ether oxygens (including phenoxy) is 2. The Morgan fingerprint density at radius 1 is 0.964 bits per heavy atom. The lowest BCUT2D eigenvalue weighted by Crippen LogP contribution is -2.42. The summed E-state index contributed by atoms with van der Waals surface area (Å²) in [6.07, 6.45) is 1.22. The van der Waals surface area contributed by atoms with E-state index in [-0.39, 0.29) is 11.5 Å². The first-order chi connectivity index (χ1) is 13.2. The second kappa shape index (κ2) is 7.56.